The summed E-state index contributed by atoms with van der Waals surface area (Å²) >= 11 is 5.93. The topological polar surface area (TPSA) is 78.7 Å². The van der Waals surface area contributed by atoms with E-state index in [1.165, 1.54) is 49.6 Å². The van der Waals surface area contributed by atoms with Crippen LogP contribution in [-0.2, 0) is 0 Å². The molecule has 0 saturated heterocycles. The third-order valence-electron chi connectivity index (χ3n) is 3.58. The molecule has 142 valence electrons. The zero-order valence-electron chi connectivity index (χ0n) is 14.2. The van der Waals surface area contributed by atoms with Crippen molar-refractivity contribution in [2.75, 3.05) is 7.11 Å². The molecule has 0 spiro atoms. The van der Waals surface area contributed by atoms with Crippen LogP contribution in [0, 0.1) is 17.0 Å². The van der Waals surface area contributed by atoms with Gasteiger partial charge in [-0.3, -0.25) is 14.9 Å². The second kappa shape index (κ2) is 8.59. The van der Waals surface area contributed by atoms with Gasteiger partial charge in [-0.2, -0.15) is 8.78 Å². The van der Waals surface area contributed by atoms with Crippen LogP contribution in [0.5, 0.6) is 11.5 Å². The van der Waals surface area contributed by atoms with Crippen molar-refractivity contribution in [1.82, 2.24) is 0 Å². The lowest BCUT2D eigenvalue weighted by atomic mass is 10.1. The molecule has 0 unspecified atom stereocenters. The Morgan fingerprint density at radius 2 is 2.00 bits per heavy atom. The Kier molecular flexibility index (Phi) is 6.46. The molecule has 0 bridgehead atoms. The summed E-state index contributed by atoms with van der Waals surface area (Å²) in [6.07, 6.45) is 2.57. The minimum atomic E-state index is -3.07. The normalized spacial score (nSPS) is 11.0. The lowest BCUT2D eigenvalue weighted by Crippen LogP contribution is -2.04. The van der Waals surface area contributed by atoms with Crippen molar-refractivity contribution in [3.8, 4) is 11.5 Å². The fraction of sp³-hybridized carbons (Fsp3) is 0.167. The summed E-state index contributed by atoms with van der Waals surface area (Å²) in [6.45, 7) is -1.50. The van der Waals surface area contributed by atoms with Crippen molar-refractivity contribution < 1.29 is 28.0 Å². The van der Waals surface area contributed by atoms with Gasteiger partial charge in [0.05, 0.1) is 17.1 Å². The summed E-state index contributed by atoms with van der Waals surface area (Å²) in [4.78, 5) is 22.7. The first-order chi connectivity index (χ1) is 12.7. The highest BCUT2D eigenvalue weighted by Gasteiger charge is 2.16. The summed E-state index contributed by atoms with van der Waals surface area (Å²) in [7, 11) is 1.26. The fourth-order valence-corrected chi connectivity index (χ4v) is 2.53. The van der Waals surface area contributed by atoms with Crippen LogP contribution in [0.2, 0.25) is 5.02 Å². The van der Waals surface area contributed by atoms with Gasteiger partial charge in [-0.25, -0.2) is 0 Å². The predicted molar refractivity (Wildman–Crippen MR) is 95.8 cm³/mol. The maximum absolute atomic E-state index is 12.4. The van der Waals surface area contributed by atoms with Crippen LogP contribution >= 0.6 is 11.6 Å². The number of hydrogen-bond acceptors (Lipinski definition) is 5. The summed E-state index contributed by atoms with van der Waals surface area (Å²) in [5, 5.41) is 10.9. The van der Waals surface area contributed by atoms with E-state index in [9.17, 15) is 23.7 Å². The van der Waals surface area contributed by atoms with Gasteiger partial charge in [0, 0.05) is 17.2 Å². The Hall–Kier alpha value is -3.00. The number of halogens is 3. The standard InChI is InChI=1S/C18H14ClF2NO5/c1-10-3-5-12(9-14(10)22(24)25)15(23)6-4-11-7-13(19)17(27-18(20)21)16(8-11)26-2/h3-9,18H,1-2H3/b6-4+. The number of aryl methyl sites for hydroxylation is 1. The number of hydrogen-bond donors (Lipinski definition) is 0. The average molecular weight is 398 g/mol. The van der Waals surface area contributed by atoms with Gasteiger partial charge in [0.15, 0.2) is 17.3 Å². The van der Waals surface area contributed by atoms with Gasteiger partial charge < -0.3 is 9.47 Å². The number of nitrogens with zero attached hydrogens (tertiary/aromatic N) is 1. The van der Waals surface area contributed by atoms with Gasteiger partial charge in [-0.05, 0) is 30.7 Å². The molecule has 0 amide bonds. The summed E-state index contributed by atoms with van der Waals surface area (Å²) in [6, 6.07) is 6.83. The lowest BCUT2D eigenvalue weighted by molar-refractivity contribution is -0.385. The molecule has 0 fully saturated rings. The number of allylic oxidation sites excluding steroid dienone is 1. The fourth-order valence-electron chi connectivity index (χ4n) is 2.27. The smallest absolute Gasteiger partial charge is 0.387 e. The first-order valence-electron chi connectivity index (χ1n) is 7.52. The third kappa shape index (κ3) is 5.01. The number of benzene rings is 2. The first-order valence-corrected chi connectivity index (χ1v) is 7.90. The van der Waals surface area contributed by atoms with Gasteiger partial charge in [0.25, 0.3) is 5.69 Å². The molecule has 0 aliphatic carbocycles. The zero-order valence-corrected chi connectivity index (χ0v) is 15.0. The molecule has 27 heavy (non-hydrogen) atoms. The number of ketones is 1. The van der Waals surface area contributed by atoms with Gasteiger partial charge in [-0.15, -0.1) is 0 Å². The zero-order chi connectivity index (χ0) is 20.1. The maximum Gasteiger partial charge on any atom is 0.387 e. The van der Waals surface area contributed by atoms with E-state index in [1.807, 2.05) is 0 Å². The van der Waals surface area contributed by atoms with Gasteiger partial charge in [0.1, 0.15) is 0 Å². The van der Waals surface area contributed by atoms with E-state index in [0.29, 0.717) is 11.1 Å². The van der Waals surface area contributed by atoms with Gasteiger partial charge >= 0.3 is 6.61 Å². The van der Waals surface area contributed by atoms with Crippen LogP contribution in [-0.4, -0.2) is 24.4 Å². The molecular weight excluding hydrogens is 384 g/mol. The lowest BCUT2D eigenvalue weighted by Gasteiger charge is -2.12. The largest absolute Gasteiger partial charge is 0.493 e. The van der Waals surface area contributed by atoms with E-state index in [4.69, 9.17) is 16.3 Å². The van der Waals surface area contributed by atoms with Crippen LogP contribution in [0.25, 0.3) is 6.08 Å². The Balaban J connectivity index is 2.30. The molecule has 2 aromatic rings. The van der Waals surface area contributed by atoms with Gasteiger partial charge in [0.2, 0.25) is 0 Å². The highest BCUT2D eigenvalue weighted by atomic mass is 35.5. The van der Waals surface area contributed by atoms with E-state index < -0.39 is 17.3 Å². The van der Waals surface area contributed by atoms with Crippen molar-refractivity contribution in [2.24, 2.45) is 0 Å². The van der Waals surface area contributed by atoms with E-state index in [-0.39, 0.29) is 27.8 Å². The molecular formula is C18H14ClF2NO5. The first kappa shape index (κ1) is 20.3. The van der Waals surface area contributed by atoms with E-state index in [1.54, 1.807) is 6.92 Å². The van der Waals surface area contributed by atoms with E-state index in [2.05, 4.69) is 4.74 Å². The molecule has 0 atom stereocenters. The molecule has 0 aliphatic rings. The maximum atomic E-state index is 12.4. The minimum absolute atomic E-state index is 0.0270. The van der Waals surface area contributed by atoms with Crippen molar-refractivity contribution in [1.29, 1.82) is 0 Å². The van der Waals surface area contributed by atoms with Crippen LogP contribution in [0.4, 0.5) is 14.5 Å². The SMILES string of the molecule is COc1cc(/C=C/C(=O)c2ccc(C)c([N+](=O)[O-])c2)cc(Cl)c1OC(F)F. The molecule has 0 aromatic heterocycles. The number of carbonyl (C=O) groups is 1. The third-order valence-corrected chi connectivity index (χ3v) is 3.86. The average Bonchev–Trinajstić information content (AvgIpc) is 2.61. The molecule has 0 N–H and O–H groups in total. The van der Waals surface area contributed by atoms with E-state index in [0.717, 1.165) is 0 Å². The summed E-state index contributed by atoms with van der Waals surface area (Å²) < 4.78 is 34.2. The Morgan fingerprint density at radius 1 is 1.30 bits per heavy atom. The molecule has 0 aliphatic heterocycles. The summed E-state index contributed by atoms with van der Waals surface area (Å²) in [5.41, 5.74) is 0.812. The van der Waals surface area contributed by atoms with Crippen LogP contribution in [0.15, 0.2) is 36.4 Å². The number of ether oxygens (including phenoxy) is 2. The molecule has 0 saturated carbocycles. The van der Waals surface area contributed by atoms with Crippen molar-refractivity contribution in [3.63, 3.8) is 0 Å². The predicted octanol–water partition coefficient (Wildman–Crippen LogP) is 5.06. The second-order valence-electron chi connectivity index (χ2n) is 5.37. The number of nitro benzene ring substituents is 1. The number of rotatable bonds is 7. The molecule has 2 aromatic carbocycles. The van der Waals surface area contributed by atoms with Crippen molar-refractivity contribution >= 4 is 29.1 Å². The minimum Gasteiger partial charge on any atom is -0.493 e. The molecule has 9 heteroatoms. The Bertz CT molecular complexity index is 915. The van der Waals surface area contributed by atoms with Gasteiger partial charge in [-0.1, -0.05) is 29.8 Å². The van der Waals surface area contributed by atoms with Crippen molar-refractivity contribution in [3.05, 3.63) is 68.2 Å². The number of alkyl halides is 2. The second-order valence-corrected chi connectivity index (χ2v) is 5.78. The number of methoxy groups -OCH3 is 1. The van der Waals surface area contributed by atoms with Crippen LogP contribution < -0.4 is 9.47 Å². The number of nitro groups is 1. The molecule has 6 nitrogen and oxygen atoms in total. The number of carbonyl (C=O) groups excluding carboxylic acids is 1. The van der Waals surface area contributed by atoms with Crippen molar-refractivity contribution in [2.45, 2.75) is 13.5 Å². The molecule has 0 heterocycles. The summed E-state index contributed by atoms with van der Waals surface area (Å²) in [5.74, 6) is -0.811. The highest BCUT2D eigenvalue weighted by Crippen LogP contribution is 2.37. The molecule has 0 radical (unpaired) electrons. The highest BCUT2D eigenvalue weighted by molar-refractivity contribution is 6.32. The van der Waals surface area contributed by atoms with E-state index >= 15 is 0 Å². The van der Waals surface area contributed by atoms with Crippen LogP contribution in [0.1, 0.15) is 21.5 Å². The monoisotopic (exact) mass is 397 g/mol. The Morgan fingerprint density at radius 3 is 2.59 bits per heavy atom. The Labute approximate surface area is 158 Å². The quantitative estimate of drug-likeness (QED) is 0.282. The molecule has 2 rings (SSSR count). The van der Waals surface area contributed by atoms with Crippen LogP contribution in [0.3, 0.4) is 0 Å².